The topological polar surface area (TPSA) is 29.5 Å². The van der Waals surface area contributed by atoms with Crippen LogP contribution in [0.4, 0.5) is 0 Å². The third kappa shape index (κ3) is 1.48. The Bertz CT molecular complexity index is 269. The van der Waals surface area contributed by atoms with Crippen LogP contribution in [-0.2, 0) is 9.53 Å². The standard InChI is InChI=1S/C12H19NO2/c1-2-8-3-4-13(5-8)12(14)11-9-6-15-7-10(9)11/h8-11H,2-7H2,1H3. The van der Waals surface area contributed by atoms with Crippen molar-refractivity contribution in [2.75, 3.05) is 26.3 Å². The molecular weight excluding hydrogens is 190 g/mol. The summed E-state index contributed by atoms with van der Waals surface area (Å²) >= 11 is 0. The molecule has 0 bridgehead atoms. The second-order valence-electron chi connectivity index (χ2n) is 5.24. The van der Waals surface area contributed by atoms with Gasteiger partial charge in [-0.15, -0.1) is 0 Å². The van der Waals surface area contributed by atoms with Gasteiger partial charge in [0.15, 0.2) is 0 Å². The minimum atomic E-state index is 0.328. The van der Waals surface area contributed by atoms with Crippen LogP contribution in [0, 0.1) is 23.7 Å². The molecule has 3 rings (SSSR count). The highest BCUT2D eigenvalue weighted by Gasteiger charge is 2.59. The van der Waals surface area contributed by atoms with Gasteiger partial charge in [0.25, 0.3) is 0 Å². The van der Waals surface area contributed by atoms with Gasteiger partial charge in [-0.3, -0.25) is 4.79 Å². The predicted octanol–water partition coefficient (Wildman–Crippen LogP) is 1.14. The molecule has 0 aromatic carbocycles. The third-order valence-electron chi connectivity index (χ3n) is 4.41. The molecule has 3 nitrogen and oxygen atoms in total. The Kier molecular flexibility index (Phi) is 2.23. The van der Waals surface area contributed by atoms with Crippen LogP contribution < -0.4 is 0 Å². The first-order valence-corrected chi connectivity index (χ1v) is 6.17. The summed E-state index contributed by atoms with van der Waals surface area (Å²) in [7, 11) is 0. The lowest BCUT2D eigenvalue weighted by molar-refractivity contribution is -0.133. The molecule has 0 spiro atoms. The number of hydrogen-bond donors (Lipinski definition) is 0. The zero-order valence-electron chi connectivity index (χ0n) is 9.32. The highest BCUT2D eigenvalue weighted by atomic mass is 16.5. The molecule has 1 saturated carbocycles. The van der Waals surface area contributed by atoms with E-state index in [0.717, 1.165) is 32.2 Å². The van der Waals surface area contributed by atoms with Crippen LogP contribution >= 0.6 is 0 Å². The summed E-state index contributed by atoms with van der Waals surface area (Å²) in [6.45, 7) is 5.87. The zero-order chi connectivity index (χ0) is 10.4. The summed E-state index contributed by atoms with van der Waals surface area (Å²) in [6.07, 6.45) is 2.42. The van der Waals surface area contributed by atoms with E-state index in [9.17, 15) is 4.79 Å². The smallest absolute Gasteiger partial charge is 0.226 e. The van der Waals surface area contributed by atoms with E-state index in [4.69, 9.17) is 4.74 Å². The Hall–Kier alpha value is -0.570. The SMILES string of the molecule is CCC1CCN(C(=O)C2C3COCC32)C1. The quantitative estimate of drug-likeness (QED) is 0.682. The minimum Gasteiger partial charge on any atom is -0.381 e. The number of carbonyl (C=O) groups is 1. The first kappa shape index (κ1) is 9.64. The molecule has 3 atom stereocenters. The molecule has 1 aliphatic carbocycles. The summed E-state index contributed by atoms with van der Waals surface area (Å²) in [4.78, 5) is 14.2. The van der Waals surface area contributed by atoms with Gasteiger partial charge in [-0.2, -0.15) is 0 Å². The highest BCUT2D eigenvalue weighted by Crippen LogP contribution is 2.51. The fourth-order valence-electron chi connectivity index (χ4n) is 3.18. The van der Waals surface area contributed by atoms with Crippen LogP contribution in [0.3, 0.4) is 0 Å². The first-order chi connectivity index (χ1) is 7.31. The van der Waals surface area contributed by atoms with E-state index < -0.39 is 0 Å². The molecule has 3 heteroatoms. The lowest BCUT2D eigenvalue weighted by Gasteiger charge is -2.17. The van der Waals surface area contributed by atoms with Crippen molar-refractivity contribution in [1.29, 1.82) is 0 Å². The lowest BCUT2D eigenvalue weighted by Crippen LogP contribution is -2.31. The average Bonchev–Trinajstić information content (AvgIpc) is 2.73. The summed E-state index contributed by atoms with van der Waals surface area (Å²) in [5.74, 6) is 2.64. The van der Waals surface area contributed by atoms with Crippen LogP contribution in [-0.4, -0.2) is 37.1 Å². The third-order valence-corrected chi connectivity index (χ3v) is 4.41. The van der Waals surface area contributed by atoms with Crippen molar-refractivity contribution in [3.8, 4) is 0 Å². The molecular formula is C12H19NO2. The van der Waals surface area contributed by atoms with E-state index in [0.29, 0.717) is 23.7 Å². The number of carbonyl (C=O) groups excluding carboxylic acids is 1. The first-order valence-electron chi connectivity index (χ1n) is 6.17. The maximum absolute atomic E-state index is 12.2. The van der Waals surface area contributed by atoms with Gasteiger partial charge < -0.3 is 9.64 Å². The summed E-state index contributed by atoms with van der Waals surface area (Å²) < 4.78 is 5.32. The Morgan fingerprint density at radius 1 is 1.40 bits per heavy atom. The molecule has 0 aromatic rings. The van der Waals surface area contributed by atoms with Crippen LogP contribution in [0.15, 0.2) is 0 Å². The molecule has 0 N–H and O–H groups in total. The van der Waals surface area contributed by atoms with Crippen molar-refractivity contribution < 1.29 is 9.53 Å². The van der Waals surface area contributed by atoms with E-state index >= 15 is 0 Å². The number of amides is 1. The second kappa shape index (κ2) is 3.48. The normalized spacial score (nSPS) is 43.1. The van der Waals surface area contributed by atoms with E-state index in [2.05, 4.69) is 11.8 Å². The fourth-order valence-corrected chi connectivity index (χ4v) is 3.18. The van der Waals surface area contributed by atoms with Gasteiger partial charge >= 0.3 is 0 Å². The summed E-state index contributed by atoms with van der Waals surface area (Å²) in [5.41, 5.74) is 0. The maximum Gasteiger partial charge on any atom is 0.226 e. The number of ether oxygens (including phenoxy) is 1. The van der Waals surface area contributed by atoms with E-state index in [1.165, 1.54) is 12.8 Å². The van der Waals surface area contributed by atoms with Gasteiger partial charge in [0.2, 0.25) is 5.91 Å². The van der Waals surface area contributed by atoms with Gasteiger partial charge in [-0.25, -0.2) is 0 Å². The van der Waals surface area contributed by atoms with Gasteiger partial charge in [-0.1, -0.05) is 13.3 Å². The predicted molar refractivity (Wildman–Crippen MR) is 56.3 cm³/mol. The number of hydrogen-bond acceptors (Lipinski definition) is 2. The van der Waals surface area contributed by atoms with E-state index in [1.54, 1.807) is 0 Å². The van der Waals surface area contributed by atoms with Crippen LogP contribution in [0.5, 0.6) is 0 Å². The van der Waals surface area contributed by atoms with E-state index in [1.807, 2.05) is 0 Å². The molecule has 15 heavy (non-hydrogen) atoms. The van der Waals surface area contributed by atoms with Crippen molar-refractivity contribution in [3.05, 3.63) is 0 Å². The molecule has 0 radical (unpaired) electrons. The maximum atomic E-state index is 12.2. The number of nitrogens with zero attached hydrogens (tertiary/aromatic N) is 1. The molecule has 2 aliphatic heterocycles. The van der Waals surface area contributed by atoms with E-state index in [-0.39, 0.29) is 0 Å². The molecule has 84 valence electrons. The van der Waals surface area contributed by atoms with Gasteiger partial charge in [0.1, 0.15) is 0 Å². The zero-order valence-corrected chi connectivity index (χ0v) is 9.32. The van der Waals surface area contributed by atoms with Crippen molar-refractivity contribution in [2.45, 2.75) is 19.8 Å². The Labute approximate surface area is 90.8 Å². The van der Waals surface area contributed by atoms with Crippen molar-refractivity contribution >= 4 is 5.91 Å². The second-order valence-corrected chi connectivity index (χ2v) is 5.24. The Morgan fingerprint density at radius 2 is 2.13 bits per heavy atom. The highest BCUT2D eigenvalue weighted by molar-refractivity contribution is 5.82. The molecule has 1 amide bonds. The Balaban J connectivity index is 1.58. The van der Waals surface area contributed by atoms with Crippen LogP contribution in [0.1, 0.15) is 19.8 Å². The van der Waals surface area contributed by atoms with Gasteiger partial charge in [0, 0.05) is 19.0 Å². The molecule has 0 aromatic heterocycles. The Morgan fingerprint density at radius 3 is 2.73 bits per heavy atom. The van der Waals surface area contributed by atoms with Crippen molar-refractivity contribution in [3.63, 3.8) is 0 Å². The largest absolute Gasteiger partial charge is 0.381 e. The number of fused-ring (bicyclic) bond motifs is 1. The monoisotopic (exact) mass is 209 g/mol. The van der Waals surface area contributed by atoms with Crippen molar-refractivity contribution in [1.82, 2.24) is 4.90 Å². The summed E-state index contributed by atoms with van der Waals surface area (Å²) in [5, 5.41) is 0. The minimum absolute atomic E-state index is 0.328. The average molecular weight is 209 g/mol. The molecule has 3 fully saturated rings. The van der Waals surface area contributed by atoms with Gasteiger partial charge in [0.05, 0.1) is 13.2 Å². The molecule has 3 unspecified atom stereocenters. The van der Waals surface area contributed by atoms with Gasteiger partial charge in [-0.05, 0) is 24.2 Å². The van der Waals surface area contributed by atoms with Crippen LogP contribution in [0.25, 0.3) is 0 Å². The molecule has 2 heterocycles. The summed E-state index contributed by atoms with van der Waals surface area (Å²) in [6, 6.07) is 0. The fraction of sp³-hybridized carbons (Fsp3) is 0.917. The molecule has 2 saturated heterocycles. The van der Waals surface area contributed by atoms with Crippen molar-refractivity contribution in [2.24, 2.45) is 23.7 Å². The number of rotatable bonds is 2. The number of likely N-dealkylation sites (tertiary alicyclic amines) is 1. The van der Waals surface area contributed by atoms with Crippen LogP contribution in [0.2, 0.25) is 0 Å². The lowest BCUT2D eigenvalue weighted by atomic mass is 10.1. The molecule has 3 aliphatic rings.